The van der Waals surface area contributed by atoms with Gasteiger partial charge in [-0.05, 0) is 46.1 Å². The Bertz CT molecular complexity index is 460. The largest absolute Gasteiger partial charge is 0.497 e. The van der Waals surface area contributed by atoms with Gasteiger partial charge < -0.3 is 24.8 Å². The molecule has 2 fully saturated rings. The molecule has 0 radical (unpaired) electrons. The first-order chi connectivity index (χ1) is 10.9. The Kier molecular flexibility index (Phi) is 4.82. The van der Waals surface area contributed by atoms with Crippen molar-refractivity contribution in [1.29, 1.82) is 0 Å². The van der Waals surface area contributed by atoms with Crippen LogP contribution in [0.1, 0.15) is 40.0 Å². The number of fused-ring (bicyclic) bond motifs is 1. The first-order valence-electron chi connectivity index (χ1n) is 8.59. The van der Waals surface area contributed by atoms with Gasteiger partial charge in [0, 0.05) is 19.1 Å². The zero-order valence-corrected chi connectivity index (χ0v) is 14.2. The summed E-state index contributed by atoms with van der Waals surface area (Å²) in [6.07, 6.45) is 6.93. The van der Waals surface area contributed by atoms with E-state index in [2.05, 4.69) is 10.6 Å². The van der Waals surface area contributed by atoms with Gasteiger partial charge >= 0.3 is 6.09 Å². The number of nitrogens with one attached hydrogen (secondary N) is 2. The summed E-state index contributed by atoms with van der Waals surface area (Å²) in [4.78, 5) is 12.1. The molecule has 1 amide bonds. The molecule has 5 unspecified atom stereocenters. The number of rotatable bonds is 4. The highest BCUT2D eigenvalue weighted by molar-refractivity contribution is 5.68. The molecule has 1 saturated carbocycles. The highest BCUT2D eigenvalue weighted by Gasteiger charge is 2.54. The minimum Gasteiger partial charge on any atom is -0.497 e. The molecule has 130 valence electrons. The van der Waals surface area contributed by atoms with E-state index in [9.17, 15) is 4.79 Å². The second-order valence-corrected chi connectivity index (χ2v) is 7.60. The Morgan fingerprint density at radius 2 is 2.13 bits per heavy atom. The zero-order chi connectivity index (χ0) is 16.4. The highest BCUT2D eigenvalue weighted by Crippen LogP contribution is 2.39. The van der Waals surface area contributed by atoms with Gasteiger partial charge in [0.25, 0.3) is 0 Å². The number of carbonyl (C=O) groups is 1. The number of alkyl carbamates (subject to hydrolysis) is 1. The van der Waals surface area contributed by atoms with E-state index in [0.29, 0.717) is 5.92 Å². The molecule has 1 aliphatic carbocycles. The summed E-state index contributed by atoms with van der Waals surface area (Å²) in [5, 5.41) is 6.55. The van der Waals surface area contributed by atoms with Crippen LogP contribution in [0, 0.1) is 5.92 Å². The van der Waals surface area contributed by atoms with Crippen LogP contribution in [-0.4, -0.2) is 49.1 Å². The Morgan fingerprint density at radius 3 is 2.83 bits per heavy atom. The number of ether oxygens (including phenoxy) is 3. The molecule has 3 aliphatic rings. The van der Waals surface area contributed by atoms with Gasteiger partial charge in [0.05, 0.1) is 24.4 Å². The van der Waals surface area contributed by atoms with Gasteiger partial charge in [-0.2, -0.15) is 0 Å². The quantitative estimate of drug-likeness (QED) is 0.827. The molecule has 5 atom stereocenters. The molecular formula is C17H28N2O4. The molecule has 0 spiro atoms. The fraction of sp³-hybridized carbons (Fsp3) is 0.824. The van der Waals surface area contributed by atoms with Crippen molar-refractivity contribution in [3.63, 3.8) is 0 Å². The van der Waals surface area contributed by atoms with Gasteiger partial charge in [-0.3, -0.25) is 0 Å². The topological polar surface area (TPSA) is 68.8 Å². The minimum absolute atomic E-state index is 0.0662. The van der Waals surface area contributed by atoms with Crippen molar-refractivity contribution in [2.45, 2.75) is 69.9 Å². The Balaban J connectivity index is 1.52. The monoisotopic (exact) mass is 324 g/mol. The minimum atomic E-state index is -0.482. The SMILES string of the molecule is CC(C)(C)OC(=O)NC1C2CCOC2C1NCC1CCC=CO1. The molecular weight excluding hydrogens is 296 g/mol. The van der Waals surface area contributed by atoms with Gasteiger partial charge in [-0.25, -0.2) is 4.79 Å². The lowest BCUT2D eigenvalue weighted by Crippen LogP contribution is -2.70. The van der Waals surface area contributed by atoms with E-state index in [1.54, 1.807) is 6.26 Å². The molecule has 6 heteroatoms. The van der Waals surface area contributed by atoms with E-state index >= 15 is 0 Å². The van der Waals surface area contributed by atoms with Crippen molar-refractivity contribution in [3.05, 3.63) is 12.3 Å². The summed E-state index contributed by atoms with van der Waals surface area (Å²) in [6.45, 7) is 7.16. The van der Waals surface area contributed by atoms with Gasteiger partial charge in [0.15, 0.2) is 0 Å². The maximum absolute atomic E-state index is 12.1. The predicted molar refractivity (Wildman–Crippen MR) is 86.0 cm³/mol. The number of carbonyl (C=O) groups excluding carboxylic acids is 1. The standard InChI is InChI=1S/C17H28N2O4/c1-17(2,3)23-16(20)19-13-12-7-9-22-15(12)14(13)18-10-11-6-4-5-8-21-11/h5,8,11-15,18H,4,6-7,9-10H2,1-3H3,(H,19,20). The molecule has 2 N–H and O–H groups in total. The van der Waals surface area contributed by atoms with E-state index in [4.69, 9.17) is 14.2 Å². The predicted octanol–water partition coefficient (Wildman–Crippen LogP) is 1.95. The molecule has 3 rings (SSSR count). The summed E-state index contributed by atoms with van der Waals surface area (Å²) in [5.41, 5.74) is -0.482. The van der Waals surface area contributed by atoms with Crippen molar-refractivity contribution in [2.75, 3.05) is 13.2 Å². The summed E-state index contributed by atoms with van der Waals surface area (Å²) in [5.74, 6) is 0.382. The normalized spacial score (nSPS) is 35.9. The van der Waals surface area contributed by atoms with Crippen LogP contribution < -0.4 is 10.6 Å². The van der Waals surface area contributed by atoms with E-state index in [0.717, 1.165) is 32.4 Å². The van der Waals surface area contributed by atoms with Crippen molar-refractivity contribution in [3.8, 4) is 0 Å². The Morgan fingerprint density at radius 1 is 1.30 bits per heavy atom. The van der Waals surface area contributed by atoms with Crippen LogP contribution in [-0.2, 0) is 14.2 Å². The lowest BCUT2D eigenvalue weighted by Gasteiger charge is -2.48. The number of hydrogen-bond acceptors (Lipinski definition) is 5. The number of amides is 1. The van der Waals surface area contributed by atoms with Gasteiger partial charge in [0.2, 0.25) is 0 Å². The zero-order valence-electron chi connectivity index (χ0n) is 14.2. The molecule has 0 bridgehead atoms. The van der Waals surface area contributed by atoms with E-state index in [1.807, 2.05) is 26.8 Å². The molecule has 2 heterocycles. The van der Waals surface area contributed by atoms with Crippen molar-refractivity contribution in [1.82, 2.24) is 10.6 Å². The van der Waals surface area contributed by atoms with Crippen LogP contribution >= 0.6 is 0 Å². The number of hydrogen-bond donors (Lipinski definition) is 2. The first kappa shape index (κ1) is 16.6. The average Bonchev–Trinajstić information content (AvgIpc) is 2.89. The Hall–Kier alpha value is -1.27. The summed E-state index contributed by atoms with van der Waals surface area (Å²) < 4.78 is 16.8. The van der Waals surface area contributed by atoms with Crippen molar-refractivity contribution < 1.29 is 19.0 Å². The Labute approximate surface area is 137 Å². The van der Waals surface area contributed by atoms with Crippen LogP contribution in [0.25, 0.3) is 0 Å². The first-order valence-corrected chi connectivity index (χ1v) is 8.59. The van der Waals surface area contributed by atoms with Crippen LogP contribution in [0.15, 0.2) is 12.3 Å². The van der Waals surface area contributed by atoms with E-state index < -0.39 is 5.60 Å². The molecule has 23 heavy (non-hydrogen) atoms. The second-order valence-electron chi connectivity index (χ2n) is 7.60. The molecule has 0 aromatic rings. The van der Waals surface area contributed by atoms with Crippen LogP contribution in [0.2, 0.25) is 0 Å². The third kappa shape index (κ3) is 3.98. The second kappa shape index (κ2) is 6.69. The third-order valence-corrected chi connectivity index (χ3v) is 4.67. The molecule has 2 aliphatic heterocycles. The highest BCUT2D eigenvalue weighted by atomic mass is 16.6. The average molecular weight is 324 g/mol. The van der Waals surface area contributed by atoms with Gasteiger partial charge in [0.1, 0.15) is 11.7 Å². The lowest BCUT2D eigenvalue weighted by molar-refractivity contribution is -0.0378. The molecule has 1 saturated heterocycles. The van der Waals surface area contributed by atoms with Crippen LogP contribution in [0.5, 0.6) is 0 Å². The fourth-order valence-corrected chi connectivity index (χ4v) is 3.59. The van der Waals surface area contributed by atoms with Gasteiger partial charge in [-0.1, -0.05) is 0 Å². The molecule has 6 nitrogen and oxygen atoms in total. The summed E-state index contributed by atoms with van der Waals surface area (Å²) in [7, 11) is 0. The van der Waals surface area contributed by atoms with E-state index in [1.165, 1.54) is 0 Å². The summed E-state index contributed by atoms with van der Waals surface area (Å²) >= 11 is 0. The summed E-state index contributed by atoms with van der Waals surface area (Å²) in [6, 6.07) is 0.195. The van der Waals surface area contributed by atoms with Gasteiger partial charge in [-0.15, -0.1) is 0 Å². The number of allylic oxidation sites excluding steroid dienone is 1. The molecule has 0 aromatic carbocycles. The third-order valence-electron chi connectivity index (χ3n) is 4.67. The maximum atomic E-state index is 12.1. The van der Waals surface area contributed by atoms with Crippen LogP contribution in [0.4, 0.5) is 4.79 Å². The van der Waals surface area contributed by atoms with Crippen LogP contribution in [0.3, 0.4) is 0 Å². The smallest absolute Gasteiger partial charge is 0.407 e. The fourth-order valence-electron chi connectivity index (χ4n) is 3.59. The van der Waals surface area contributed by atoms with Crippen molar-refractivity contribution >= 4 is 6.09 Å². The van der Waals surface area contributed by atoms with Crippen molar-refractivity contribution in [2.24, 2.45) is 5.92 Å². The van der Waals surface area contributed by atoms with E-state index in [-0.39, 0.29) is 30.4 Å². The molecule has 0 aromatic heterocycles. The maximum Gasteiger partial charge on any atom is 0.407 e. The lowest BCUT2D eigenvalue weighted by atomic mass is 9.71.